The third kappa shape index (κ3) is 55.2. The van der Waals surface area contributed by atoms with Gasteiger partial charge in [-0.3, -0.25) is 9.59 Å². The van der Waals surface area contributed by atoms with Gasteiger partial charge < -0.3 is 14.2 Å². The van der Waals surface area contributed by atoms with Crippen LogP contribution in [0.15, 0.2) is 109 Å². The predicted octanol–water partition coefficient (Wildman–Crippen LogP) is 19.6. The van der Waals surface area contributed by atoms with Gasteiger partial charge in [-0.05, 0) is 83.5 Å². The molecular weight excluding hydrogens is 837 g/mol. The summed E-state index contributed by atoms with van der Waals surface area (Å²) in [6.45, 7) is 7.47. The van der Waals surface area contributed by atoms with Crippen LogP contribution in [0.4, 0.5) is 0 Å². The van der Waals surface area contributed by atoms with Crippen molar-refractivity contribution in [3.8, 4) is 0 Å². The Balaban J connectivity index is 4.39. The van der Waals surface area contributed by atoms with Crippen LogP contribution in [-0.4, -0.2) is 37.9 Å². The summed E-state index contributed by atoms with van der Waals surface area (Å²) in [6.07, 6.45) is 80.0. The van der Waals surface area contributed by atoms with Crippen molar-refractivity contribution >= 4 is 11.9 Å². The highest BCUT2D eigenvalue weighted by molar-refractivity contribution is 5.71. The molecule has 5 nitrogen and oxygen atoms in total. The molecule has 0 spiro atoms. The van der Waals surface area contributed by atoms with Crippen LogP contribution in [0.5, 0.6) is 0 Å². The van der Waals surface area contributed by atoms with E-state index in [0.717, 1.165) is 89.9 Å². The lowest BCUT2D eigenvalue weighted by atomic mass is 10.0. The highest BCUT2D eigenvalue weighted by Crippen LogP contribution is 2.15. The summed E-state index contributed by atoms with van der Waals surface area (Å²) in [5.74, 6) is -0.552. The number of ether oxygens (including phenoxy) is 3. The molecule has 68 heavy (non-hydrogen) atoms. The topological polar surface area (TPSA) is 61.8 Å². The van der Waals surface area contributed by atoms with E-state index in [4.69, 9.17) is 14.2 Å². The molecule has 0 aromatic heterocycles. The number of carbonyl (C=O) groups excluding carboxylic acids is 2. The lowest BCUT2D eigenvalue weighted by molar-refractivity contribution is -0.162. The Kier molecular flexibility index (Phi) is 54.9. The molecule has 0 saturated heterocycles. The van der Waals surface area contributed by atoms with Crippen molar-refractivity contribution in [2.24, 2.45) is 0 Å². The van der Waals surface area contributed by atoms with Crippen LogP contribution in [0, 0.1) is 0 Å². The third-order valence-corrected chi connectivity index (χ3v) is 11.8. The Bertz CT molecular complexity index is 1340. The largest absolute Gasteiger partial charge is 0.462 e. The second-order valence-corrected chi connectivity index (χ2v) is 18.5. The smallest absolute Gasteiger partial charge is 0.310 e. The number of hydrogen-bond acceptors (Lipinski definition) is 5. The molecule has 0 heterocycles. The number of hydrogen-bond donors (Lipinski definition) is 0. The molecule has 5 heteroatoms. The fraction of sp³-hybridized carbons (Fsp3) is 0.683. The second-order valence-electron chi connectivity index (χ2n) is 18.5. The van der Waals surface area contributed by atoms with Crippen molar-refractivity contribution in [2.45, 2.75) is 258 Å². The molecule has 0 aromatic carbocycles. The molecule has 0 aliphatic heterocycles. The number of unbranched alkanes of at least 4 members (excludes halogenated alkanes) is 23. The summed E-state index contributed by atoms with van der Waals surface area (Å²) in [5.41, 5.74) is 0. The van der Waals surface area contributed by atoms with E-state index in [-0.39, 0.29) is 31.6 Å². The van der Waals surface area contributed by atoms with Gasteiger partial charge in [-0.25, -0.2) is 0 Å². The van der Waals surface area contributed by atoms with Gasteiger partial charge in [0.2, 0.25) is 0 Å². The molecule has 0 saturated carbocycles. The Hall–Kier alpha value is -3.44. The standard InChI is InChI=1S/C63H106O5/c1-4-7-10-13-16-19-22-25-28-30-32-33-36-38-41-44-47-50-53-56-62(64)67-60-61(68-63(65)57-54-51-48-45-42-39-35-27-24-21-18-15-12-9-6-3)59-66-58-55-52-49-46-43-40-37-34-31-29-26-23-20-17-14-11-8-5-2/h8-9,11-12,17-18,20-21,26-27,29,34-35,37,42,45,51,54,61H,4-7,10,13-16,19,22-25,28,30-33,36,38-41,43-44,46-50,52-53,55-60H2,1-3H3/b11-8-,12-9-,20-17-,21-18-,29-26-,35-27-,37-34-,45-42-,54-51-. The summed E-state index contributed by atoms with van der Waals surface area (Å²) >= 11 is 0. The van der Waals surface area contributed by atoms with Crippen LogP contribution in [0.3, 0.4) is 0 Å². The van der Waals surface area contributed by atoms with Crippen LogP contribution >= 0.6 is 0 Å². The van der Waals surface area contributed by atoms with E-state index in [1.165, 1.54) is 128 Å². The molecule has 0 N–H and O–H groups in total. The summed E-state index contributed by atoms with van der Waals surface area (Å²) in [6, 6.07) is 0. The minimum atomic E-state index is -0.606. The van der Waals surface area contributed by atoms with Gasteiger partial charge in [0, 0.05) is 13.0 Å². The van der Waals surface area contributed by atoms with Crippen molar-refractivity contribution in [1.29, 1.82) is 0 Å². The van der Waals surface area contributed by atoms with Crippen LogP contribution in [-0.2, 0) is 23.8 Å². The van der Waals surface area contributed by atoms with Gasteiger partial charge in [0.25, 0.3) is 0 Å². The monoisotopic (exact) mass is 943 g/mol. The molecular formula is C63H106O5. The average molecular weight is 944 g/mol. The van der Waals surface area contributed by atoms with Gasteiger partial charge in [-0.1, -0.05) is 265 Å². The maximum atomic E-state index is 12.8. The van der Waals surface area contributed by atoms with E-state index in [0.29, 0.717) is 13.0 Å². The molecule has 1 unspecified atom stereocenters. The van der Waals surface area contributed by atoms with Crippen LogP contribution < -0.4 is 0 Å². The highest BCUT2D eigenvalue weighted by atomic mass is 16.6. The first-order chi connectivity index (χ1) is 33.6. The number of rotatable bonds is 51. The van der Waals surface area contributed by atoms with Gasteiger partial charge in [-0.2, -0.15) is 0 Å². The molecule has 0 rings (SSSR count). The van der Waals surface area contributed by atoms with Crippen molar-refractivity contribution in [1.82, 2.24) is 0 Å². The van der Waals surface area contributed by atoms with Gasteiger partial charge >= 0.3 is 11.9 Å². The zero-order chi connectivity index (χ0) is 49.2. The lowest BCUT2D eigenvalue weighted by Crippen LogP contribution is -2.29. The third-order valence-electron chi connectivity index (χ3n) is 11.8. The van der Waals surface area contributed by atoms with E-state index >= 15 is 0 Å². The van der Waals surface area contributed by atoms with E-state index in [2.05, 4.69) is 118 Å². The quantitative estimate of drug-likeness (QED) is 0.0345. The zero-order valence-electron chi connectivity index (χ0n) is 44.6. The lowest BCUT2D eigenvalue weighted by Gasteiger charge is -2.18. The van der Waals surface area contributed by atoms with Crippen LogP contribution in [0.25, 0.3) is 0 Å². The fourth-order valence-electron chi connectivity index (χ4n) is 7.70. The number of esters is 2. The summed E-state index contributed by atoms with van der Waals surface area (Å²) in [7, 11) is 0. The molecule has 0 bridgehead atoms. The first-order valence-electron chi connectivity index (χ1n) is 28.4. The van der Waals surface area contributed by atoms with Crippen molar-refractivity contribution < 1.29 is 23.8 Å². The Morgan fingerprint density at radius 2 is 0.706 bits per heavy atom. The molecule has 0 aliphatic carbocycles. The normalized spacial score (nSPS) is 13.0. The van der Waals surface area contributed by atoms with Crippen molar-refractivity contribution in [3.05, 3.63) is 109 Å². The Labute approximate surface area is 421 Å². The van der Waals surface area contributed by atoms with Crippen LogP contribution in [0.1, 0.15) is 252 Å². The Morgan fingerprint density at radius 3 is 1.13 bits per heavy atom. The molecule has 0 fully saturated rings. The van der Waals surface area contributed by atoms with E-state index in [1.807, 2.05) is 12.2 Å². The first kappa shape index (κ1) is 64.6. The summed E-state index contributed by atoms with van der Waals surface area (Å²) in [4.78, 5) is 25.4. The molecule has 388 valence electrons. The zero-order valence-corrected chi connectivity index (χ0v) is 44.6. The SMILES string of the molecule is CC/C=C\C/C=C\C/C=C\C/C=C\C/C=C\CC(=O)OC(COCCCCCCC/C=C\C/C=C\C/C=C\C/C=C\CC)COC(=O)CCCCCCCCCCCCCCCCCCCCC. The predicted molar refractivity (Wildman–Crippen MR) is 297 cm³/mol. The van der Waals surface area contributed by atoms with Gasteiger partial charge in [0.05, 0.1) is 13.0 Å². The van der Waals surface area contributed by atoms with Gasteiger partial charge in [0.1, 0.15) is 6.61 Å². The number of allylic oxidation sites excluding steroid dienone is 17. The molecule has 0 aromatic rings. The molecule has 0 amide bonds. The average Bonchev–Trinajstić information content (AvgIpc) is 3.34. The first-order valence-corrected chi connectivity index (χ1v) is 28.4. The highest BCUT2D eigenvalue weighted by Gasteiger charge is 2.17. The van der Waals surface area contributed by atoms with Crippen LogP contribution in [0.2, 0.25) is 0 Å². The molecule has 0 aliphatic rings. The maximum absolute atomic E-state index is 12.8. The molecule has 1 atom stereocenters. The van der Waals surface area contributed by atoms with Gasteiger partial charge in [0.15, 0.2) is 6.10 Å². The van der Waals surface area contributed by atoms with Gasteiger partial charge in [-0.15, -0.1) is 0 Å². The maximum Gasteiger partial charge on any atom is 0.310 e. The number of carbonyl (C=O) groups is 2. The molecule has 0 radical (unpaired) electrons. The summed E-state index contributed by atoms with van der Waals surface area (Å²) in [5, 5.41) is 0. The van der Waals surface area contributed by atoms with Crippen molar-refractivity contribution in [2.75, 3.05) is 19.8 Å². The summed E-state index contributed by atoms with van der Waals surface area (Å²) < 4.78 is 17.3. The van der Waals surface area contributed by atoms with Crippen molar-refractivity contribution in [3.63, 3.8) is 0 Å². The van der Waals surface area contributed by atoms with E-state index < -0.39 is 6.10 Å². The van der Waals surface area contributed by atoms with E-state index in [1.54, 1.807) is 0 Å². The van der Waals surface area contributed by atoms with E-state index in [9.17, 15) is 9.59 Å². The minimum Gasteiger partial charge on any atom is -0.462 e. The minimum absolute atomic E-state index is 0.0344. The fourth-order valence-corrected chi connectivity index (χ4v) is 7.70. The second kappa shape index (κ2) is 57.9. The Morgan fingerprint density at radius 1 is 0.353 bits per heavy atom.